The zero-order valence-corrected chi connectivity index (χ0v) is 21.0. The molecule has 0 radical (unpaired) electrons. The van der Waals surface area contributed by atoms with E-state index in [0.29, 0.717) is 17.5 Å². The number of rotatable bonds is 7. The van der Waals surface area contributed by atoms with Gasteiger partial charge in [0.15, 0.2) is 0 Å². The van der Waals surface area contributed by atoms with Crippen molar-refractivity contribution >= 4 is 23.5 Å². The molecular formula is C28H34ClN3O2. The van der Waals surface area contributed by atoms with Crippen LogP contribution in [0.15, 0.2) is 77.0 Å². The summed E-state index contributed by atoms with van der Waals surface area (Å²) in [6.45, 7) is 6.57. The summed E-state index contributed by atoms with van der Waals surface area (Å²) >= 11 is 6.08. The van der Waals surface area contributed by atoms with Gasteiger partial charge in [0.1, 0.15) is 0 Å². The van der Waals surface area contributed by atoms with Crippen molar-refractivity contribution in [2.24, 2.45) is 10.9 Å². The van der Waals surface area contributed by atoms with Crippen LogP contribution in [0.4, 0.5) is 0 Å². The van der Waals surface area contributed by atoms with Crippen LogP contribution >= 0.6 is 11.6 Å². The number of nitrogens with zero attached hydrogens (tertiary/aromatic N) is 2. The van der Waals surface area contributed by atoms with Crippen molar-refractivity contribution in [1.29, 1.82) is 0 Å². The standard InChI is InChI=1S/C28H34ClN3O2/c1-19(2)34-25-15-13-24(14-16-25)31-28-30-20(3)26(17-21-7-5-4-6-8-21)27(33)32(28)18-22-9-11-23(29)12-10-22/h4-5,7,9-15,19-20,25-26H,6,8,16-18H2,1-3H3,(H,30,31). The highest BCUT2D eigenvalue weighted by Gasteiger charge is 2.37. The third-order valence-electron chi connectivity index (χ3n) is 6.35. The van der Waals surface area contributed by atoms with Crippen LogP contribution in [0.3, 0.4) is 0 Å². The molecule has 0 saturated carbocycles. The van der Waals surface area contributed by atoms with Crippen LogP contribution in [0.25, 0.3) is 0 Å². The number of allylic oxidation sites excluding steroid dienone is 5. The predicted octanol–water partition coefficient (Wildman–Crippen LogP) is 5.94. The second kappa shape index (κ2) is 11.2. The topological polar surface area (TPSA) is 53.9 Å². The van der Waals surface area contributed by atoms with Crippen molar-refractivity contribution in [1.82, 2.24) is 10.2 Å². The first kappa shape index (κ1) is 24.5. The third-order valence-corrected chi connectivity index (χ3v) is 6.60. The fourth-order valence-electron chi connectivity index (χ4n) is 4.52. The molecule has 1 aliphatic heterocycles. The largest absolute Gasteiger partial charge is 0.371 e. The van der Waals surface area contributed by atoms with E-state index in [1.807, 2.05) is 51.1 Å². The molecule has 1 heterocycles. The summed E-state index contributed by atoms with van der Waals surface area (Å²) in [5.74, 6) is 0.535. The Morgan fingerprint density at radius 1 is 1.26 bits per heavy atom. The fraction of sp³-hybridized carbons (Fsp3) is 0.429. The third kappa shape index (κ3) is 6.28. The summed E-state index contributed by atoms with van der Waals surface area (Å²) in [4.78, 5) is 20.5. The number of benzene rings is 1. The van der Waals surface area contributed by atoms with Crippen molar-refractivity contribution in [2.45, 2.75) is 71.2 Å². The lowest BCUT2D eigenvalue weighted by Crippen LogP contribution is -2.52. The Balaban J connectivity index is 1.55. The lowest BCUT2D eigenvalue weighted by atomic mass is 9.87. The monoisotopic (exact) mass is 479 g/mol. The molecule has 1 aromatic carbocycles. The van der Waals surface area contributed by atoms with Crippen LogP contribution < -0.4 is 5.32 Å². The molecule has 3 aliphatic rings. The van der Waals surface area contributed by atoms with Crippen molar-refractivity contribution in [2.75, 3.05) is 0 Å². The van der Waals surface area contributed by atoms with Crippen molar-refractivity contribution < 1.29 is 9.53 Å². The second-order valence-electron chi connectivity index (χ2n) is 9.45. The number of aliphatic imine (C=N–C) groups is 1. The number of hydrogen-bond acceptors (Lipinski definition) is 4. The maximum atomic E-state index is 13.8. The average molecular weight is 480 g/mol. The lowest BCUT2D eigenvalue weighted by Gasteiger charge is -2.36. The fourth-order valence-corrected chi connectivity index (χ4v) is 4.65. The Bertz CT molecular complexity index is 1040. The van der Waals surface area contributed by atoms with E-state index < -0.39 is 0 Å². The predicted molar refractivity (Wildman–Crippen MR) is 138 cm³/mol. The van der Waals surface area contributed by atoms with E-state index in [4.69, 9.17) is 21.3 Å². The van der Waals surface area contributed by atoms with Gasteiger partial charge in [-0.3, -0.25) is 9.69 Å². The van der Waals surface area contributed by atoms with Crippen LogP contribution in [0.2, 0.25) is 5.02 Å². The molecular weight excluding hydrogens is 446 g/mol. The SMILES string of the molecule is CC(C)OC1C=CC(NC2=NC(C)C(CC3=CC=CCC3)C(=O)N2Cc2ccc(Cl)cc2)=CC1. The number of ether oxygens (including phenoxy) is 1. The van der Waals surface area contributed by atoms with Crippen molar-refractivity contribution in [3.05, 3.63) is 82.6 Å². The molecule has 1 amide bonds. The van der Waals surface area contributed by atoms with Gasteiger partial charge in [-0.25, -0.2) is 4.99 Å². The van der Waals surface area contributed by atoms with E-state index in [1.165, 1.54) is 5.57 Å². The summed E-state index contributed by atoms with van der Waals surface area (Å²) in [6.07, 6.45) is 16.4. The summed E-state index contributed by atoms with van der Waals surface area (Å²) in [6, 6.07) is 7.53. The molecule has 0 fully saturated rings. The van der Waals surface area contributed by atoms with Gasteiger partial charge < -0.3 is 10.1 Å². The van der Waals surface area contributed by atoms with Gasteiger partial charge in [0.05, 0.1) is 30.7 Å². The summed E-state index contributed by atoms with van der Waals surface area (Å²) in [5, 5.41) is 4.10. The Morgan fingerprint density at radius 2 is 2.06 bits per heavy atom. The number of halogens is 1. The number of amides is 1. The van der Waals surface area contributed by atoms with E-state index >= 15 is 0 Å². The van der Waals surface area contributed by atoms with Crippen LogP contribution in [0, 0.1) is 5.92 Å². The Kier molecular flexibility index (Phi) is 8.07. The summed E-state index contributed by atoms with van der Waals surface area (Å²) in [5.41, 5.74) is 3.26. The average Bonchev–Trinajstić information content (AvgIpc) is 2.82. The molecule has 180 valence electrons. The van der Waals surface area contributed by atoms with Gasteiger partial charge in [-0.2, -0.15) is 0 Å². The molecule has 1 N–H and O–H groups in total. The summed E-state index contributed by atoms with van der Waals surface area (Å²) in [7, 11) is 0. The van der Waals surface area contributed by atoms with E-state index in [9.17, 15) is 4.79 Å². The molecule has 34 heavy (non-hydrogen) atoms. The first-order valence-electron chi connectivity index (χ1n) is 12.2. The van der Waals surface area contributed by atoms with E-state index in [2.05, 4.69) is 35.7 Å². The van der Waals surface area contributed by atoms with Gasteiger partial charge in [-0.05, 0) is 70.2 Å². The second-order valence-corrected chi connectivity index (χ2v) is 9.89. The molecule has 0 bridgehead atoms. The zero-order chi connectivity index (χ0) is 24.1. The van der Waals surface area contributed by atoms with Gasteiger partial charge >= 0.3 is 0 Å². The minimum absolute atomic E-state index is 0.0757. The van der Waals surface area contributed by atoms with E-state index in [1.54, 1.807) is 4.90 Å². The van der Waals surface area contributed by atoms with E-state index in [0.717, 1.165) is 36.9 Å². The molecule has 0 aromatic heterocycles. The van der Waals surface area contributed by atoms with E-state index in [-0.39, 0.29) is 30.1 Å². The highest BCUT2D eigenvalue weighted by molar-refractivity contribution is 6.30. The highest BCUT2D eigenvalue weighted by atomic mass is 35.5. The smallest absolute Gasteiger partial charge is 0.235 e. The molecule has 2 aliphatic carbocycles. The van der Waals surface area contributed by atoms with Crippen molar-refractivity contribution in [3.8, 4) is 0 Å². The number of carbonyl (C=O) groups is 1. The molecule has 1 aromatic rings. The Labute approximate surface area is 207 Å². The quantitative estimate of drug-likeness (QED) is 0.526. The molecule has 0 saturated heterocycles. The van der Waals surface area contributed by atoms with Gasteiger partial charge in [0.2, 0.25) is 11.9 Å². The molecule has 3 unspecified atom stereocenters. The van der Waals surface area contributed by atoms with Crippen LogP contribution in [-0.2, 0) is 16.1 Å². The van der Waals surface area contributed by atoms with Gasteiger partial charge in [0.25, 0.3) is 0 Å². The minimum atomic E-state index is -0.171. The molecule has 0 spiro atoms. The Hall–Kier alpha value is -2.63. The number of hydrogen-bond donors (Lipinski definition) is 1. The molecule has 6 heteroatoms. The van der Waals surface area contributed by atoms with Gasteiger partial charge in [-0.1, -0.05) is 59.7 Å². The van der Waals surface area contributed by atoms with Gasteiger partial charge in [0, 0.05) is 10.7 Å². The van der Waals surface area contributed by atoms with Crippen LogP contribution in [0.5, 0.6) is 0 Å². The highest BCUT2D eigenvalue weighted by Crippen LogP contribution is 2.29. The number of guanidine groups is 1. The maximum absolute atomic E-state index is 13.8. The number of nitrogens with one attached hydrogen (secondary N) is 1. The summed E-state index contributed by atoms with van der Waals surface area (Å²) < 4.78 is 5.88. The molecule has 3 atom stereocenters. The van der Waals surface area contributed by atoms with Crippen LogP contribution in [0.1, 0.15) is 52.0 Å². The zero-order valence-electron chi connectivity index (χ0n) is 20.2. The molecule has 4 rings (SSSR count). The minimum Gasteiger partial charge on any atom is -0.371 e. The lowest BCUT2D eigenvalue weighted by molar-refractivity contribution is -0.133. The number of carbonyl (C=O) groups excluding carboxylic acids is 1. The maximum Gasteiger partial charge on any atom is 0.235 e. The van der Waals surface area contributed by atoms with Gasteiger partial charge in [-0.15, -0.1) is 0 Å². The van der Waals surface area contributed by atoms with Crippen molar-refractivity contribution in [3.63, 3.8) is 0 Å². The first-order chi connectivity index (χ1) is 16.4. The Morgan fingerprint density at radius 3 is 2.71 bits per heavy atom. The normalized spacial score (nSPS) is 24.7. The molecule has 5 nitrogen and oxygen atoms in total. The first-order valence-corrected chi connectivity index (χ1v) is 12.6. The van der Waals surface area contributed by atoms with Crippen LogP contribution in [-0.4, -0.2) is 35.0 Å².